The van der Waals surface area contributed by atoms with Gasteiger partial charge in [-0.1, -0.05) is 32.0 Å². The van der Waals surface area contributed by atoms with Gasteiger partial charge < -0.3 is 24.2 Å². The Labute approximate surface area is 236 Å². The summed E-state index contributed by atoms with van der Waals surface area (Å²) in [5.41, 5.74) is 3.53. The second kappa shape index (κ2) is 12.7. The van der Waals surface area contributed by atoms with Gasteiger partial charge in [0.25, 0.3) is 0 Å². The van der Waals surface area contributed by atoms with Gasteiger partial charge in [-0.2, -0.15) is 0 Å². The van der Waals surface area contributed by atoms with Crippen LogP contribution in [-0.2, 0) is 11.2 Å². The third-order valence-corrected chi connectivity index (χ3v) is 7.29. The highest BCUT2D eigenvalue weighted by atomic mass is 32.2. The van der Waals surface area contributed by atoms with Gasteiger partial charge in [0.2, 0.25) is 0 Å². The van der Waals surface area contributed by atoms with E-state index in [1.165, 1.54) is 10.5 Å². The number of anilines is 1. The van der Waals surface area contributed by atoms with Crippen LogP contribution in [0.15, 0.2) is 71.9 Å². The lowest BCUT2D eigenvalue weighted by Gasteiger charge is -2.33. The fraction of sp³-hybridized carbons (Fsp3) is 0.419. The number of aliphatic hydroxyl groups excluding tert-OH is 1. The van der Waals surface area contributed by atoms with Crippen LogP contribution in [0.5, 0.6) is 5.75 Å². The summed E-state index contributed by atoms with van der Waals surface area (Å²) in [6.45, 7) is 10.3. The number of ether oxygens (including phenoxy) is 2. The topological polar surface area (TPSA) is 83.9 Å². The molecule has 0 bridgehead atoms. The lowest BCUT2D eigenvalue weighted by molar-refractivity contribution is 0.00364. The predicted octanol–water partition coefficient (Wildman–Crippen LogP) is 6.99. The normalized spacial score (nSPS) is 15.7. The van der Waals surface area contributed by atoms with Crippen molar-refractivity contribution < 1.29 is 19.4 Å². The first-order valence-electron chi connectivity index (χ1n) is 13.5. The molecular weight excluding hydrogens is 510 g/mol. The Hall–Kier alpha value is -3.23. The zero-order chi connectivity index (χ0) is 28.0. The molecule has 39 heavy (non-hydrogen) atoms. The minimum absolute atomic E-state index is 0.0900. The molecule has 1 aromatic heterocycles. The number of hydrogen-bond donors (Lipinski definition) is 2. The number of rotatable bonds is 9. The third kappa shape index (κ3) is 8.38. The van der Waals surface area contributed by atoms with E-state index in [1.807, 2.05) is 32.9 Å². The Bertz CT molecular complexity index is 1230. The lowest BCUT2D eigenvalue weighted by Crippen LogP contribution is -2.45. The highest BCUT2D eigenvalue weighted by molar-refractivity contribution is 8.00. The van der Waals surface area contributed by atoms with Crippen LogP contribution in [0.3, 0.4) is 0 Å². The van der Waals surface area contributed by atoms with Gasteiger partial charge in [-0.05, 0) is 99.0 Å². The number of amides is 1. The minimum atomic E-state index is -0.879. The largest absolute Gasteiger partial charge is 0.488 e. The molecule has 1 aliphatic rings. The molecule has 2 heterocycles. The Morgan fingerprint density at radius 2 is 1.95 bits per heavy atom. The fourth-order valence-electron chi connectivity index (χ4n) is 4.35. The molecule has 1 amide bonds. The minimum Gasteiger partial charge on any atom is -0.488 e. The lowest BCUT2D eigenvalue weighted by atomic mass is 10.0. The zero-order valence-corrected chi connectivity index (χ0v) is 24.2. The molecule has 0 spiro atoms. The molecule has 2 atom stereocenters. The molecular formula is C31H39N3O4S. The number of carbonyl (C=O) groups excluding carboxylic acids is 1. The van der Waals surface area contributed by atoms with Gasteiger partial charge in [0.1, 0.15) is 17.5 Å². The highest BCUT2D eigenvalue weighted by Gasteiger charge is 2.29. The standard InChI is InChI=1S/C31H39N3O4S/c1-21(2)22-8-11-25(12-9-22)33-39-27-14-15-29-23(17-27)10-13-26(37-29)19-34(30(36)38-31(3,4)5)20-28(35)24-7-6-16-32-18-24/h6-9,11-12,14-18,21,26,28,33,35H,10,13,19-20H2,1-5H3. The van der Waals surface area contributed by atoms with Crippen molar-refractivity contribution in [1.29, 1.82) is 0 Å². The summed E-state index contributed by atoms with van der Waals surface area (Å²) in [6, 6.07) is 18.3. The number of fused-ring (bicyclic) bond motifs is 1. The Morgan fingerprint density at radius 3 is 2.62 bits per heavy atom. The quantitative estimate of drug-likeness (QED) is 0.278. The van der Waals surface area contributed by atoms with Crippen LogP contribution in [0.1, 0.15) is 69.8 Å². The van der Waals surface area contributed by atoms with E-state index in [4.69, 9.17) is 9.47 Å². The Balaban J connectivity index is 1.38. The van der Waals surface area contributed by atoms with E-state index in [0.29, 0.717) is 18.0 Å². The van der Waals surface area contributed by atoms with Gasteiger partial charge in [-0.25, -0.2) is 4.79 Å². The van der Waals surface area contributed by atoms with Gasteiger partial charge in [0.15, 0.2) is 0 Å². The van der Waals surface area contributed by atoms with Gasteiger partial charge in [-0.3, -0.25) is 4.98 Å². The van der Waals surface area contributed by atoms with Crippen molar-refractivity contribution >= 4 is 23.7 Å². The summed E-state index contributed by atoms with van der Waals surface area (Å²) in [6.07, 6.45) is 3.30. The van der Waals surface area contributed by atoms with Gasteiger partial charge in [0, 0.05) is 28.5 Å². The maximum atomic E-state index is 13.0. The van der Waals surface area contributed by atoms with E-state index < -0.39 is 17.8 Å². The monoisotopic (exact) mass is 549 g/mol. The van der Waals surface area contributed by atoms with Crippen molar-refractivity contribution in [3.63, 3.8) is 0 Å². The molecule has 4 rings (SSSR count). The maximum Gasteiger partial charge on any atom is 0.410 e. The van der Waals surface area contributed by atoms with Crippen molar-refractivity contribution in [3.05, 3.63) is 83.7 Å². The number of nitrogens with zero attached hydrogens (tertiary/aromatic N) is 2. The first-order chi connectivity index (χ1) is 18.6. The number of carbonyl (C=O) groups is 1. The summed E-state index contributed by atoms with van der Waals surface area (Å²) in [4.78, 5) is 19.8. The SMILES string of the molecule is CC(C)c1ccc(NSc2ccc3c(c2)CCC(CN(CC(O)c2cccnc2)C(=O)OC(C)(C)C)O3)cc1. The van der Waals surface area contributed by atoms with Gasteiger partial charge >= 0.3 is 6.09 Å². The average Bonchev–Trinajstić information content (AvgIpc) is 2.91. The first-order valence-corrected chi connectivity index (χ1v) is 14.3. The van der Waals surface area contributed by atoms with Crippen molar-refractivity contribution in [2.24, 2.45) is 0 Å². The summed E-state index contributed by atoms with van der Waals surface area (Å²) < 4.78 is 15.4. The molecule has 2 unspecified atom stereocenters. The molecule has 3 aromatic rings. The molecule has 0 aliphatic carbocycles. The van der Waals surface area contributed by atoms with Crippen molar-refractivity contribution in [2.45, 2.75) is 76.1 Å². The first kappa shape index (κ1) is 28.8. The van der Waals surface area contributed by atoms with Crippen LogP contribution in [0, 0.1) is 0 Å². The fourth-order valence-corrected chi connectivity index (χ4v) is 5.06. The maximum absolute atomic E-state index is 13.0. The molecule has 0 radical (unpaired) electrons. The molecule has 0 fully saturated rings. The van der Waals surface area contributed by atoms with Crippen LogP contribution in [0.2, 0.25) is 0 Å². The molecule has 7 nitrogen and oxygen atoms in total. The van der Waals surface area contributed by atoms with E-state index in [2.05, 4.69) is 53.9 Å². The molecule has 208 valence electrons. The summed E-state index contributed by atoms with van der Waals surface area (Å²) in [5.74, 6) is 1.34. The number of pyridine rings is 1. The van der Waals surface area contributed by atoms with Crippen LogP contribution in [0.4, 0.5) is 10.5 Å². The van der Waals surface area contributed by atoms with Gasteiger partial charge in [0.05, 0.1) is 19.2 Å². The van der Waals surface area contributed by atoms with Crippen LogP contribution < -0.4 is 9.46 Å². The van der Waals surface area contributed by atoms with E-state index in [0.717, 1.165) is 34.7 Å². The number of aromatic nitrogens is 1. The van der Waals surface area contributed by atoms with Crippen molar-refractivity contribution in [3.8, 4) is 5.75 Å². The number of benzene rings is 2. The van der Waals surface area contributed by atoms with Crippen molar-refractivity contribution in [2.75, 3.05) is 17.8 Å². The number of nitrogens with one attached hydrogen (secondary N) is 1. The third-order valence-electron chi connectivity index (χ3n) is 6.46. The number of aryl methyl sites for hydroxylation is 1. The summed E-state index contributed by atoms with van der Waals surface area (Å²) >= 11 is 1.58. The Kier molecular flexibility index (Phi) is 9.40. The molecule has 8 heteroatoms. The van der Waals surface area contributed by atoms with E-state index in [-0.39, 0.29) is 12.6 Å². The Morgan fingerprint density at radius 1 is 1.18 bits per heavy atom. The second-order valence-corrected chi connectivity index (χ2v) is 12.1. The van der Waals surface area contributed by atoms with Crippen LogP contribution in [-0.4, -0.2) is 45.9 Å². The smallest absolute Gasteiger partial charge is 0.410 e. The van der Waals surface area contributed by atoms with E-state index in [1.54, 1.807) is 36.5 Å². The van der Waals surface area contributed by atoms with Crippen molar-refractivity contribution in [1.82, 2.24) is 9.88 Å². The summed E-state index contributed by atoms with van der Waals surface area (Å²) in [7, 11) is 0. The molecule has 2 aromatic carbocycles. The molecule has 0 saturated carbocycles. The molecule has 0 saturated heterocycles. The number of hydrogen-bond acceptors (Lipinski definition) is 7. The second-order valence-electron chi connectivity index (χ2n) is 11.2. The summed E-state index contributed by atoms with van der Waals surface area (Å²) in [5, 5.41) is 10.8. The van der Waals surface area contributed by atoms with E-state index in [9.17, 15) is 9.90 Å². The predicted molar refractivity (Wildman–Crippen MR) is 156 cm³/mol. The van der Waals surface area contributed by atoms with E-state index >= 15 is 0 Å². The highest BCUT2D eigenvalue weighted by Crippen LogP contribution is 2.33. The van der Waals surface area contributed by atoms with Crippen LogP contribution >= 0.6 is 11.9 Å². The zero-order valence-electron chi connectivity index (χ0n) is 23.4. The molecule has 2 N–H and O–H groups in total. The number of aliphatic hydroxyl groups is 1. The average molecular weight is 550 g/mol. The van der Waals surface area contributed by atoms with Gasteiger partial charge in [-0.15, -0.1) is 0 Å². The van der Waals surface area contributed by atoms with Crippen LogP contribution in [0.25, 0.3) is 0 Å². The molecule has 1 aliphatic heterocycles.